The van der Waals surface area contributed by atoms with E-state index in [1.807, 2.05) is 0 Å². The second-order valence-corrected chi connectivity index (χ2v) is 9.49. The van der Waals surface area contributed by atoms with Gasteiger partial charge < -0.3 is 0 Å². The van der Waals surface area contributed by atoms with Crippen LogP contribution in [0.4, 0.5) is 0 Å². The van der Waals surface area contributed by atoms with Gasteiger partial charge in [-0.25, -0.2) is 0 Å². The molecular formula is C29H28. The highest BCUT2D eigenvalue weighted by atomic mass is 14.3. The Labute approximate surface area is 174 Å². The number of rotatable bonds is 2. The van der Waals surface area contributed by atoms with Crippen molar-refractivity contribution in [1.29, 1.82) is 0 Å². The lowest BCUT2D eigenvalue weighted by Gasteiger charge is -2.21. The zero-order chi connectivity index (χ0) is 20.2. The minimum Gasteiger partial charge on any atom is -0.0617 e. The monoisotopic (exact) mass is 376 g/mol. The van der Waals surface area contributed by atoms with Crippen molar-refractivity contribution in [3.63, 3.8) is 0 Å². The Morgan fingerprint density at radius 2 is 1.52 bits per heavy atom. The molecule has 1 atom stereocenters. The van der Waals surface area contributed by atoms with E-state index in [1.165, 1.54) is 49.7 Å². The first-order valence-electron chi connectivity index (χ1n) is 10.6. The first kappa shape index (κ1) is 18.2. The summed E-state index contributed by atoms with van der Waals surface area (Å²) in [6.07, 6.45) is 1.04. The quantitative estimate of drug-likeness (QED) is 0.335. The summed E-state index contributed by atoms with van der Waals surface area (Å²) in [7, 11) is 0. The fourth-order valence-electron chi connectivity index (χ4n) is 4.97. The van der Waals surface area contributed by atoms with Crippen LogP contribution >= 0.6 is 0 Å². The Hall–Kier alpha value is -2.86. The maximum atomic E-state index is 2.45. The van der Waals surface area contributed by atoms with Gasteiger partial charge in [0.1, 0.15) is 0 Å². The van der Waals surface area contributed by atoms with Crippen LogP contribution in [0.25, 0.3) is 21.9 Å². The van der Waals surface area contributed by atoms with E-state index in [0.717, 1.165) is 6.42 Å². The van der Waals surface area contributed by atoms with Crippen LogP contribution in [0.2, 0.25) is 0 Å². The molecule has 1 aliphatic carbocycles. The molecule has 0 amide bonds. The predicted octanol–water partition coefficient (Wildman–Crippen LogP) is 7.80. The second kappa shape index (κ2) is 6.59. The minimum atomic E-state index is 0.158. The number of hydrogen-bond donors (Lipinski definition) is 0. The summed E-state index contributed by atoms with van der Waals surface area (Å²) < 4.78 is 0. The first-order valence-corrected chi connectivity index (χ1v) is 10.6. The van der Waals surface area contributed by atoms with Crippen molar-refractivity contribution in [2.24, 2.45) is 0 Å². The molecule has 0 bridgehead atoms. The lowest BCUT2D eigenvalue weighted by Crippen LogP contribution is -2.11. The molecule has 0 aromatic heterocycles. The summed E-state index contributed by atoms with van der Waals surface area (Å²) in [5.74, 6) is 0.416. The van der Waals surface area contributed by atoms with Crippen molar-refractivity contribution in [2.75, 3.05) is 0 Å². The van der Waals surface area contributed by atoms with Gasteiger partial charge in [-0.15, -0.1) is 0 Å². The molecule has 0 radical (unpaired) electrons. The third-order valence-corrected chi connectivity index (χ3v) is 6.55. The van der Waals surface area contributed by atoms with Gasteiger partial charge in [0.05, 0.1) is 0 Å². The van der Waals surface area contributed by atoms with Crippen molar-refractivity contribution in [3.05, 3.63) is 107 Å². The molecule has 144 valence electrons. The molecule has 0 fully saturated rings. The highest BCUT2D eigenvalue weighted by Crippen LogP contribution is 2.49. The summed E-state index contributed by atoms with van der Waals surface area (Å²) in [5, 5.41) is 2.71. The molecule has 0 aliphatic heterocycles. The number of aryl methyl sites for hydroxylation is 1. The molecular weight excluding hydrogens is 348 g/mol. The Morgan fingerprint density at radius 1 is 0.759 bits per heavy atom. The van der Waals surface area contributed by atoms with Gasteiger partial charge in [-0.2, -0.15) is 0 Å². The van der Waals surface area contributed by atoms with Crippen molar-refractivity contribution in [3.8, 4) is 11.1 Å². The van der Waals surface area contributed by atoms with E-state index in [2.05, 4.69) is 107 Å². The molecule has 0 spiro atoms. The molecule has 0 saturated carbocycles. The Balaban J connectivity index is 1.68. The topological polar surface area (TPSA) is 0 Å². The molecule has 0 saturated heterocycles. The largest absolute Gasteiger partial charge is 0.0617 e. The van der Waals surface area contributed by atoms with Crippen molar-refractivity contribution < 1.29 is 0 Å². The average molecular weight is 377 g/mol. The number of benzene rings is 4. The van der Waals surface area contributed by atoms with Gasteiger partial charge >= 0.3 is 0 Å². The van der Waals surface area contributed by atoms with Crippen molar-refractivity contribution in [1.82, 2.24) is 0 Å². The molecule has 0 heterocycles. The van der Waals surface area contributed by atoms with Gasteiger partial charge in [-0.05, 0) is 68.5 Å². The van der Waals surface area contributed by atoms with E-state index in [-0.39, 0.29) is 5.41 Å². The van der Waals surface area contributed by atoms with E-state index in [0.29, 0.717) is 5.92 Å². The van der Waals surface area contributed by atoms with Crippen LogP contribution in [-0.2, 0) is 11.8 Å². The van der Waals surface area contributed by atoms with E-state index in [9.17, 15) is 0 Å². The van der Waals surface area contributed by atoms with Crippen LogP contribution in [0.1, 0.15) is 54.5 Å². The Kier molecular flexibility index (Phi) is 4.13. The summed E-state index contributed by atoms with van der Waals surface area (Å²) in [6.45, 7) is 9.16. The zero-order valence-corrected chi connectivity index (χ0v) is 17.8. The normalized spacial score (nSPS) is 15.4. The fourth-order valence-corrected chi connectivity index (χ4v) is 4.97. The lowest BCUT2D eigenvalue weighted by atomic mass is 9.83. The first-order chi connectivity index (χ1) is 13.9. The van der Waals surface area contributed by atoms with Crippen LogP contribution in [0.15, 0.2) is 78.9 Å². The lowest BCUT2D eigenvalue weighted by molar-refractivity contribution is 0.590. The highest BCUT2D eigenvalue weighted by molar-refractivity contribution is 5.87. The fraction of sp³-hybridized carbons (Fsp3) is 0.241. The molecule has 1 unspecified atom stereocenters. The molecule has 4 aromatic carbocycles. The summed E-state index contributed by atoms with van der Waals surface area (Å²) in [6, 6.07) is 29.5. The Bertz CT molecular complexity index is 1220. The summed E-state index contributed by atoms with van der Waals surface area (Å²) in [5.41, 5.74) is 10.3. The van der Waals surface area contributed by atoms with Gasteiger partial charge in [-0.1, -0.05) is 99.6 Å². The average Bonchev–Trinajstić information content (AvgIpc) is 3.02. The maximum Gasteiger partial charge on any atom is 0.0142 e. The predicted molar refractivity (Wildman–Crippen MR) is 125 cm³/mol. The van der Waals surface area contributed by atoms with Gasteiger partial charge in [-0.3, -0.25) is 0 Å². The summed E-state index contributed by atoms with van der Waals surface area (Å²) >= 11 is 0. The van der Waals surface area contributed by atoms with E-state index in [1.54, 1.807) is 0 Å². The third kappa shape index (κ3) is 2.99. The molecule has 0 N–H and O–H groups in total. The highest BCUT2D eigenvalue weighted by Gasteiger charge is 2.31. The molecule has 29 heavy (non-hydrogen) atoms. The molecule has 4 aromatic rings. The Morgan fingerprint density at radius 3 is 2.34 bits per heavy atom. The standard InChI is InChI=1S/C29H28/c1-19-9-7-14-25-26(17-21-12-8-11-20-10-5-6-13-23(20)21)24-16-15-22(29(2,3)4)18-27(24)28(19)25/h5-16,18,26H,17H2,1-4H3. The SMILES string of the molecule is Cc1cccc2c1-c1cc(C(C)(C)C)ccc1C2Cc1cccc2ccccc12. The third-order valence-electron chi connectivity index (χ3n) is 6.55. The van der Waals surface area contributed by atoms with Crippen LogP contribution in [-0.4, -0.2) is 0 Å². The van der Waals surface area contributed by atoms with Gasteiger partial charge in [0.25, 0.3) is 0 Å². The van der Waals surface area contributed by atoms with Crippen LogP contribution < -0.4 is 0 Å². The molecule has 1 aliphatic rings. The summed E-state index contributed by atoms with van der Waals surface area (Å²) in [4.78, 5) is 0. The van der Waals surface area contributed by atoms with Gasteiger partial charge in [0.2, 0.25) is 0 Å². The van der Waals surface area contributed by atoms with Crippen LogP contribution in [0.5, 0.6) is 0 Å². The molecule has 0 nitrogen and oxygen atoms in total. The maximum absolute atomic E-state index is 2.45. The molecule has 5 rings (SSSR count). The number of hydrogen-bond acceptors (Lipinski definition) is 0. The molecule has 0 heteroatoms. The zero-order valence-electron chi connectivity index (χ0n) is 17.8. The van der Waals surface area contributed by atoms with Crippen LogP contribution in [0, 0.1) is 6.92 Å². The smallest absolute Gasteiger partial charge is 0.0142 e. The van der Waals surface area contributed by atoms with E-state index >= 15 is 0 Å². The van der Waals surface area contributed by atoms with Gasteiger partial charge in [0.15, 0.2) is 0 Å². The van der Waals surface area contributed by atoms with Crippen LogP contribution in [0.3, 0.4) is 0 Å². The number of fused-ring (bicyclic) bond motifs is 4. The second-order valence-electron chi connectivity index (χ2n) is 9.49. The van der Waals surface area contributed by atoms with Gasteiger partial charge in [0, 0.05) is 5.92 Å². The van der Waals surface area contributed by atoms with E-state index in [4.69, 9.17) is 0 Å². The van der Waals surface area contributed by atoms with E-state index < -0.39 is 0 Å². The van der Waals surface area contributed by atoms with Crippen molar-refractivity contribution in [2.45, 2.75) is 45.4 Å². The minimum absolute atomic E-state index is 0.158. The van der Waals surface area contributed by atoms with Crippen molar-refractivity contribution >= 4 is 10.8 Å².